The van der Waals surface area contributed by atoms with Crippen molar-refractivity contribution in [3.63, 3.8) is 0 Å². The quantitative estimate of drug-likeness (QED) is 0.868. The summed E-state index contributed by atoms with van der Waals surface area (Å²) in [5.41, 5.74) is -0.0484. The van der Waals surface area contributed by atoms with Gasteiger partial charge in [-0.15, -0.1) is 0 Å². The molecule has 1 aromatic carbocycles. The Morgan fingerprint density at radius 1 is 1.42 bits per heavy atom. The van der Waals surface area contributed by atoms with Gasteiger partial charge in [-0.25, -0.2) is 22.0 Å². The summed E-state index contributed by atoms with van der Waals surface area (Å²) in [6.07, 6.45) is 0. The molecule has 0 radical (unpaired) electrons. The molecule has 0 atom stereocenters. The standard InChI is InChI=1S/C11H9ClF2O4S/c1-6(4-12)5-19(17,18)8-3-2-7(13)9(10(8)14)11(15)16/h2-4H,5H2,1H3,(H,15,16)/b6-4-. The molecule has 1 rings (SSSR count). The molecule has 0 aliphatic heterocycles. The number of carboxylic acids is 1. The highest BCUT2D eigenvalue weighted by Gasteiger charge is 2.27. The maximum atomic E-state index is 13.8. The van der Waals surface area contributed by atoms with Crippen LogP contribution >= 0.6 is 11.6 Å². The minimum Gasteiger partial charge on any atom is -0.477 e. The van der Waals surface area contributed by atoms with Gasteiger partial charge in [-0.05, 0) is 24.6 Å². The molecule has 4 nitrogen and oxygen atoms in total. The predicted octanol–water partition coefficient (Wildman–Crippen LogP) is 2.58. The fourth-order valence-electron chi connectivity index (χ4n) is 1.38. The Labute approximate surface area is 113 Å². The van der Waals surface area contributed by atoms with Crippen molar-refractivity contribution >= 4 is 27.4 Å². The summed E-state index contributed by atoms with van der Waals surface area (Å²) < 4.78 is 50.6. The van der Waals surface area contributed by atoms with E-state index in [0.717, 1.165) is 5.54 Å². The van der Waals surface area contributed by atoms with Crippen molar-refractivity contribution in [3.05, 3.63) is 40.4 Å². The molecule has 1 aromatic rings. The van der Waals surface area contributed by atoms with Gasteiger partial charge in [0.05, 0.1) is 5.75 Å². The number of halogens is 3. The van der Waals surface area contributed by atoms with E-state index in [2.05, 4.69) is 0 Å². The van der Waals surface area contributed by atoms with Gasteiger partial charge in [-0.1, -0.05) is 11.6 Å². The van der Waals surface area contributed by atoms with Crippen molar-refractivity contribution < 1.29 is 27.1 Å². The van der Waals surface area contributed by atoms with E-state index in [1.54, 1.807) is 0 Å². The smallest absolute Gasteiger partial charge is 0.341 e. The SMILES string of the molecule is C/C(=C/Cl)CS(=O)(=O)c1ccc(F)c(C(=O)O)c1F. The molecule has 0 heterocycles. The molecule has 104 valence electrons. The van der Waals surface area contributed by atoms with E-state index in [9.17, 15) is 22.0 Å². The van der Waals surface area contributed by atoms with E-state index in [4.69, 9.17) is 16.7 Å². The summed E-state index contributed by atoms with van der Waals surface area (Å²) in [6.45, 7) is 1.41. The van der Waals surface area contributed by atoms with Gasteiger partial charge in [0.15, 0.2) is 15.7 Å². The molecule has 1 N–H and O–H groups in total. The topological polar surface area (TPSA) is 71.4 Å². The van der Waals surface area contributed by atoms with Crippen molar-refractivity contribution in [2.45, 2.75) is 11.8 Å². The molecule has 0 amide bonds. The van der Waals surface area contributed by atoms with E-state index in [0.29, 0.717) is 12.1 Å². The van der Waals surface area contributed by atoms with Crippen LogP contribution in [0, 0.1) is 11.6 Å². The van der Waals surface area contributed by atoms with E-state index < -0.39 is 43.7 Å². The third-order valence-electron chi connectivity index (χ3n) is 2.21. The first-order valence-electron chi connectivity index (χ1n) is 4.90. The van der Waals surface area contributed by atoms with Crippen LogP contribution in [0.1, 0.15) is 17.3 Å². The van der Waals surface area contributed by atoms with Crippen LogP contribution in [0.15, 0.2) is 28.1 Å². The predicted molar refractivity (Wildman–Crippen MR) is 65.0 cm³/mol. The van der Waals surface area contributed by atoms with Gasteiger partial charge in [0, 0.05) is 5.54 Å². The van der Waals surface area contributed by atoms with Gasteiger partial charge in [-0.3, -0.25) is 0 Å². The van der Waals surface area contributed by atoms with Gasteiger partial charge in [0.2, 0.25) is 0 Å². The maximum Gasteiger partial charge on any atom is 0.341 e. The van der Waals surface area contributed by atoms with Crippen molar-refractivity contribution in [2.75, 3.05) is 5.75 Å². The Morgan fingerprint density at radius 3 is 2.47 bits per heavy atom. The average Bonchev–Trinajstić information content (AvgIpc) is 2.27. The van der Waals surface area contributed by atoms with E-state index >= 15 is 0 Å². The lowest BCUT2D eigenvalue weighted by molar-refractivity contribution is 0.0685. The zero-order chi connectivity index (χ0) is 14.8. The molecule has 0 fully saturated rings. The van der Waals surface area contributed by atoms with Crippen LogP contribution in [0.2, 0.25) is 0 Å². The van der Waals surface area contributed by atoms with Gasteiger partial charge in [0.25, 0.3) is 0 Å². The minimum atomic E-state index is -4.13. The summed E-state index contributed by atoms with van der Waals surface area (Å²) in [6, 6.07) is 1.28. The number of hydrogen-bond acceptors (Lipinski definition) is 3. The molecule has 0 saturated heterocycles. The van der Waals surface area contributed by atoms with Crippen LogP contribution in [0.5, 0.6) is 0 Å². The first-order valence-corrected chi connectivity index (χ1v) is 6.99. The fourth-order valence-corrected chi connectivity index (χ4v) is 3.04. The summed E-state index contributed by atoms with van der Waals surface area (Å²) in [4.78, 5) is 9.82. The normalized spacial score (nSPS) is 12.5. The highest BCUT2D eigenvalue weighted by Crippen LogP contribution is 2.23. The number of carboxylic acid groups (broad SMARTS) is 1. The van der Waals surface area contributed by atoms with Crippen LogP contribution in [0.3, 0.4) is 0 Å². The summed E-state index contributed by atoms with van der Waals surface area (Å²) in [5, 5.41) is 8.66. The molecule has 0 unspecified atom stereocenters. The number of benzene rings is 1. The molecular weight excluding hydrogens is 302 g/mol. The molecule has 0 aliphatic carbocycles. The summed E-state index contributed by atoms with van der Waals surface area (Å²) >= 11 is 5.32. The molecule has 0 saturated carbocycles. The first kappa shape index (κ1) is 15.6. The average molecular weight is 311 g/mol. The lowest BCUT2D eigenvalue weighted by Crippen LogP contribution is -2.14. The van der Waals surface area contributed by atoms with Crippen LogP contribution in [-0.2, 0) is 9.84 Å². The lowest BCUT2D eigenvalue weighted by Gasteiger charge is -2.08. The largest absolute Gasteiger partial charge is 0.477 e. The molecule has 0 aromatic heterocycles. The number of rotatable bonds is 4. The van der Waals surface area contributed by atoms with Crippen molar-refractivity contribution in [2.24, 2.45) is 0 Å². The highest BCUT2D eigenvalue weighted by atomic mass is 35.5. The summed E-state index contributed by atoms with van der Waals surface area (Å²) in [5.74, 6) is -5.42. The molecular formula is C11H9ClF2O4S. The third kappa shape index (κ3) is 3.30. The maximum absolute atomic E-state index is 13.8. The second-order valence-electron chi connectivity index (χ2n) is 3.75. The first-order chi connectivity index (χ1) is 8.70. The molecule has 0 bridgehead atoms. The molecule has 8 heteroatoms. The van der Waals surface area contributed by atoms with Gasteiger partial charge < -0.3 is 5.11 Å². The van der Waals surface area contributed by atoms with Crippen LogP contribution in [-0.4, -0.2) is 25.2 Å². The molecule has 0 aliphatic rings. The lowest BCUT2D eigenvalue weighted by atomic mass is 10.2. The Hall–Kier alpha value is -1.47. The number of carbonyl (C=O) groups is 1. The third-order valence-corrected chi connectivity index (χ3v) is 4.40. The zero-order valence-corrected chi connectivity index (χ0v) is 11.2. The zero-order valence-electron chi connectivity index (χ0n) is 9.65. The second kappa shape index (κ2) is 5.66. The molecule has 0 spiro atoms. The van der Waals surface area contributed by atoms with Gasteiger partial charge in [0.1, 0.15) is 16.3 Å². The molecule has 19 heavy (non-hydrogen) atoms. The number of sulfone groups is 1. The fraction of sp³-hybridized carbons (Fsp3) is 0.182. The van der Waals surface area contributed by atoms with E-state index in [-0.39, 0.29) is 5.57 Å². The van der Waals surface area contributed by atoms with Crippen LogP contribution < -0.4 is 0 Å². The van der Waals surface area contributed by atoms with Crippen LogP contribution in [0.25, 0.3) is 0 Å². The Bertz CT molecular complexity index is 653. The highest BCUT2D eigenvalue weighted by molar-refractivity contribution is 7.91. The Morgan fingerprint density at radius 2 is 2.00 bits per heavy atom. The Kier molecular flexibility index (Phi) is 4.65. The van der Waals surface area contributed by atoms with Crippen molar-refractivity contribution in [1.82, 2.24) is 0 Å². The van der Waals surface area contributed by atoms with Crippen molar-refractivity contribution in [3.8, 4) is 0 Å². The van der Waals surface area contributed by atoms with E-state index in [1.165, 1.54) is 6.92 Å². The van der Waals surface area contributed by atoms with Crippen molar-refractivity contribution in [1.29, 1.82) is 0 Å². The minimum absolute atomic E-state index is 0.238. The van der Waals surface area contributed by atoms with E-state index in [1.807, 2.05) is 0 Å². The van der Waals surface area contributed by atoms with Gasteiger partial charge in [-0.2, -0.15) is 0 Å². The number of aromatic carboxylic acids is 1. The Balaban J connectivity index is 3.45. The monoisotopic (exact) mass is 310 g/mol. The second-order valence-corrected chi connectivity index (χ2v) is 5.93. The summed E-state index contributed by atoms with van der Waals surface area (Å²) in [7, 11) is -4.13. The number of hydrogen-bond donors (Lipinski definition) is 1. The van der Waals surface area contributed by atoms with Crippen LogP contribution in [0.4, 0.5) is 8.78 Å². The van der Waals surface area contributed by atoms with Gasteiger partial charge >= 0.3 is 5.97 Å².